The number of methoxy groups -OCH3 is 1. The summed E-state index contributed by atoms with van der Waals surface area (Å²) in [6.07, 6.45) is 7.36. The molecule has 138 valence electrons. The maximum atomic E-state index is 12.7. The fraction of sp³-hybridized carbons (Fsp3) is 0.650. The van der Waals surface area contributed by atoms with E-state index in [1.165, 1.54) is 45.2 Å². The van der Waals surface area contributed by atoms with Gasteiger partial charge in [-0.15, -0.1) is 0 Å². The minimum absolute atomic E-state index is 0.0435. The smallest absolute Gasteiger partial charge is 0.260 e. The van der Waals surface area contributed by atoms with Crippen LogP contribution >= 0.6 is 0 Å². The van der Waals surface area contributed by atoms with E-state index < -0.39 is 0 Å². The summed E-state index contributed by atoms with van der Waals surface area (Å²) in [5, 5.41) is 0. The standard InChI is InChI=1S/C20H30N2O3/c1-21(16-9-3-4-10-17(16)22-13-7-8-14-22)20(23)15-25-19-12-6-5-11-18(19)24-2/h5-6,11-12,16-17H,3-4,7-10,13-15H2,1-2H3. The number of carbonyl (C=O) groups excluding carboxylic acids is 1. The van der Waals surface area contributed by atoms with Crippen molar-refractivity contribution in [2.75, 3.05) is 33.9 Å². The Labute approximate surface area is 150 Å². The van der Waals surface area contributed by atoms with Gasteiger partial charge in [0.1, 0.15) is 0 Å². The quantitative estimate of drug-likeness (QED) is 0.794. The zero-order valence-corrected chi connectivity index (χ0v) is 15.4. The first-order chi connectivity index (χ1) is 12.2. The molecule has 1 saturated carbocycles. The summed E-state index contributed by atoms with van der Waals surface area (Å²) < 4.78 is 11.0. The Hall–Kier alpha value is -1.75. The Morgan fingerprint density at radius 3 is 2.52 bits per heavy atom. The fourth-order valence-corrected chi connectivity index (χ4v) is 4.21. The van der Waals surface area contributed by atoms with Gasteiger partial charge in [-0.05, 0) is 50.9 Å². The Balaban J connectivity index is 1.60. The first-order valence-corrected chi connectivity index (χ1v) is 9.46. The molecule has 1 aliphatic heterocycles. The molecule has 5 nitrogen and oxygen atoms in total. The van der Waals surface area contributed by atoms with E-state index in [4.69, 9.17) is 9.47 Å². The highest BCUT2D eigenvalue weighted by atomic mass is 16.5. The molecule has 25 heavy (non-hydrogen) atoms. The molecule has 3 rings (SSSR count). The average molecular weight is 346 g/mol. The van der Waals surface area contributed by atoms with Crippen molar-refractivity contribution in [3.8, 4) is 11.5 Å². The molecule has 0 bridgehead atoms. The summed E-state index contributed by atoms with van der Waals surface area (Å²) in [6.45, 7) is 2.42. The molecule has 0 radical (unpaired) electrons. The van der Waals surface area contributed by atoms with Crippen LogP contribution in [0.15, 0.2) is 24.3 Å². The van der Waals surface area contributed by atoms with E-state index in [2.05, 4.69) is 4.90 Å². The molecular weight excluding hydrogens is 316 g/mol. The van der Waals surface area contributed by atoms with Gasteiger partial charge >= 0.3 is 0 Å². The highest BCUT2D eigenvalue weighted by molar-refractivity contribution is 5.78. The summed E-state index contributed by atoms with van der Waals surface area (Å²) in [4.78, 5) is 17.2. The van der Waals surface area contributed by atoms with Gasteiger partial charge in [0.25, 0.3) is 5.91 Å². The van der Waals surface area contributed by atoms with Crippen molar-refractivity contribution in [3.63, 3.8) is 0 Å². The number of ether oxygens (including phenoxy) is 2. The molecule has 2 aliphatic rings. The molecule has 2 unspecified atom stereocenters. The largest absolute Gasteiger partial charge is 0.493 e. The number of para-hydroxylation sites is 2. The van der Waals surface area contributed by atoms with Gasteiger partial charge in [-0.25, -0.2) is 0 Å². The van der Waals surface area contributed by atoms with Gasteiger partial charge in [0, 0.05) is 19.1 Å². The van der Waals surface area contributed by atoms with E-state index in [9.17, 15) is 4.79 Å². The van der Waals surface area contributed by atoms with E-state index in [1.807, 2.05) is 36.2 Å². The first-order valence-electron chi connectivity index (χ1n) is 9.46. The molecule has 1 amide bonds. The minimum atomic E-state index is 0.0435. The van der Waals surface area contributed by atoms with Crippen LogP contribution < -0.4 is 9.47 Å². The normalized spacial score (nSPS) is 24.1. The first kappa shape index (κ1) is 18.1. The van der Waals surface area contributed by atoms with Gasteiger partial charge in [0.05, 0.1) is 7.11 Å². The van der Waals surface area contributed by atoms with Crippen molar-refractivity contribution in [3.05, 3.63) is 24.3 Å². The highest BCUT2D eigenvalue weighted by Crippen LogP contribution is 2.30. The van der Waals surface area contributed by atoms with Crippen molar-refractivity contribution in [2.45, 2.75) is 50.6 Å². The van der Waals surface area contributed by atoms with Gasteiger partial charge in [-0.1, -0.05) is 25.0 Å². The lowest BCUT2D eigenvalue weighted by molar-refractivity contribution is -0.136. The monoisotopic (exact) mass is 346 g/mol. The van der Waals surface area contributed by atoms with E-state index in [0.29, 0.717) is 23.6 Å². The number of likely N-dealkylation sites (N-methyl/N-ethyl adjacent to an activating group) is 1. The number of carbonyl (C=O) groups is 1. The Kier molecular flexibility index (Phi) is 6.19. The van der Waals surface area contributed by atoms with Crippen LogP contribution in [-0.2, 0) is 4.79 Å². The van der Waals surface area contributed by atoms with Gasteiger partial charge < -0.3 is 14.4 Å². The number of nitrogens with zero attached hydrogens (tertiary/aromatic N) is 2. The molecule has 0 spiro atoms. The van der Waals surface area contributed by atoms with Crippen molar-refractivity contribution in [1.82, 2.24) is 9.80 Å². The average Bonchev–Trinajstić information content (AvgIpc) is 3.20. The van der Waals surface area contributed by atoms with Crippen LogP contribution in [0.5, 0.6) is 11.5 Å². The van der Waals surface area contributed by atoms with E-state index in [0.717, 1.165) is 6.42 Å². The molecule has 0 N–H and O–H groups in total. The van der Waals surface area contributed by atoms with Gasteiger partial charge in [0.15, 0.2) is 18.1 Å². The SMILES string of the molecule is COc1ccccc1OCC(=O)N(C)C1CCCCC1N1CCCC1. The number of benzene rings is 1. The lowest BCUT2D eigenvalue weighted by Crippen LogP contribution is -2.53. The molecule has 0 aromatic heterocycles. The van der Waals surface area contributed by atoms with Crippen LogP contribution in [0.3, 0.4) is 0 Å². The summed E-state index contributed by atoms with van der Waals surface area (Å²) in [5.74, 6) is 1.32. The third kappa shape index (κ3) is 4.27. The van der Waals surface area contributed by atoms with Crippen LogP contribution in [0.1, 0.15) is 38.5 Å². The van der Waals surface area contributed by atoms with Crippen molar-refractivity contribution in [1.29, 1.82) is 0 Å². The highest BCUT2D eigenvalue weighted by Gasteiger charge is 2.35. The third-order valence-electron chi connectivity index (χ3n) is 5.61. The van der Waals surface area contributed by atoms with E-state index in [1.54, 1.807) is 7.11 Å². The number of hydrogen-bond acceptors (Lipinski definition) is 4. The van der Waals surface area contributed by atoms with Crippen molar-refractivity contribution >= 4 is 5.91 Å². The predicted molar refractivity (Wildman–Crippen MR) is 98.1 cm³/mol. The molecule has 1 aromatic rings. The van der Waals surface area contributed by atoms with Gasteiger partial charge in [-0.3, -0.25) is 9.69 Å². The molecule has 5 heteroatoms. The summed E-state index contributed by atoms with van der Waals surface area (Å²) in [6, 6.07) is 8.27. The van der Waals surface area contributed by atoms with Crippen LogP contribution in [-0.4, -0.2) is 61.6 Å². The lowest BCUT2D eigenvalue weighted by atomic mass is 9.88. The maximum Gasteiger partial charge on any atom is 0.260 e. The second-order valence-corrected chi connectivity index (χ2v) is 7.11. The molecule has 1 heterocycles. The molecule has 2 atom stereocenters. The second-order valence-electron chi connectivity index (χ2n) is 7.11. The summed E-state index contributed by atoms with van der Waals surface area (Å²) in [7, 11) is 3.55. The topological polar surface area (TPSA) is 42.0 Å². The zero-order valence-electron chi connectivity index (χ0n) is 15.4. The van der Waals surface area contributed by atoms with Crippen LogP contribution in [0.25, 0.3) is 0 Å². The Bertz CT molecular complexity index is 572. The van der Waals surface area contributed by atoms with Gasteiger partial charge in [0.2, 0.25) is 0 Å². The van der Waals surface area contributed by atoms with Crippen LogP contribution in [0.2, 0.25) is 0 Å². The molecule has 1 aromatic carbocycles. The lowest BCUT2D eigenvalue weighted by Gasteiger charge is -2.42. The Morgan fingerprint density at radius 1 is 1.12 bits per heavy atom. The number of hydrogen-bond donors (Lipinski definition) is 0. The van der Waals surface area contributed by atoms with E-state index in [-0.39, 0.29) is 12.5 Å². The third-order valence-corrected chi connectivity index (χ3v) is 5.61. The second kappa shape index (κ2) is 8.56. The minimum Gasteiger partial charge on any atom is -0.493 e. The van der Waals surface area contributed by atoms with Gasteiger partial charge in [-0.2, -0.15) is 0 Å². The van der Waals surface area contributed by atoms with Crippen LogP contribution in [0, 0.1) is 0 Å². The van der Waals surface area contributed by atoms with Crippen molar-refractivity contribution in [2.24, 2.45) is 0 Å². The van der Waals surface area contributed by atoms with Crippen LogP contribution in [0.4, 0.5) is 0 Å². The number of rotatable bonds is 6. The van der Waals surface area contributed by atoms with Crippen molar-refractivity contribution < 1.29 is 14.3 Å². The number of likely N-dealkylation sites (tertiary alicyclic amines) is 1. The molecule has 2 fully saturated rings. The number of amides is 1. The maximum absolute atomic E-state index is 12.7. The molecular formula is C20H30N2O3. The Morgan fingerprint density at radius 2 is 1.80 bits per heavy atom. The fourth-order valence-electron chi connectivity index (χ4n) is 4.21. The van der Waals surface area contributed by atoms with E-state index >= 15 is 0 Å². The summed E-state index contributed by atoms with van der Waals surface area (Å²) >= 11 is 0. The predicted octanol–water partition coefficient (Wildman–Crippen LogP) is 2.94. The summed E-state index contributed by atoms with van der Waals surface area (Å²) in [5.41, 5.74) is 0. The molecule has 1 saturated heterocycles. The zero-order chi connectivity index (χ0) is 17.6. The molecule has 1 aliphatic carbocycles.